The second-order valence-electron chi connectivity index (χ2n) is 4.41. The van der Waals surface area contributed by atoms with Crippen LogP contribution in [0.15, 0.2) is 18.2 Å². The smallest absolute Gasteiger partial charge is 0.334 e. The van der Waals surface area contributed by atoms with Gasteiger partial charge in [0.15, 0.2) is 6.10 Å². The molecule has 0 aromatic heterocycles. The summed E-state index contributed by atoms with van der Waals surface area (Å²) in [6, 6.07) is 3.98. The molecular weight excluding hydrogens is 253 g/mol. The minimum Gasteiger partial charge on any atom is -0.479 e. The van der Waals surface area contributed by atoms with Crippen LogP contribution < -0.4 is 0 Å². The predicted molar refractivity (Wildman–Crippen MR) is 64.4 cm³/mol. The lowest BCUT2D eigenvalue weighted by Gasteiger charge is -2.31. The number of nitrogens with zero attached hydrogens (tertiary/aromatic N) is 1. The zero-order chi connectivity index (χ0) is 14.0. The second-order valence-corrected chi connectivity index (χ2v) is 4.41. The number of halogens is 1. The van der Waals surface area contributed by atoms with Crippen LogP contribution in [0, 0.1) is 12.7 Å². The van der Waals surface area contributed by atoms with Gasteiger partial charge in [0.25, 0.3) is 5.91 Å². The minimum absolute atomic E-state index is 0.0237. The van der Waals surface area contributed by atoms with E-state index in [0.29, 0.717) is 12.1 Å². The molecule has 1 aliphatic rings. The molecule has 1 fully saturated rings. The van der Waals surface area contributed by atoms with Gasteiger partial charge in [-0.3, -0.25) is 4.79 Å². The fourth-order valence-electron chi connectivity index (χ4n) is 1.98. The third-order valence-corrected chi connectivity index (χ3v) is 3.06. The summed E-state index contributed by atoms with van der Waals surface area (Å²) in [5, 5.41) is 8.88. The van der Waals surface area contributed by atoms with E-state index in [1.54, 1.807) is 6.92 Å². The van der Waals surface area contributed by atoms with Crippen LogP contribution in [0.4, 0.5) is 4.39 Å². The quantitative estimate of drug-likeness (QED) is 0.870. The number of carboxylic acid groups (broad SMARTS) is 1. The Kier molecular flexibility index (Phi) is 3.80. The van der Waals surface area contributed by atoms with Gasteiger partial charge >= 0.3 is 5.97 Å². The molecule has 1 saturated heterocycles. The van der Waals surface area contributed by atoms with E-state index in [2.05, 4.69) is 0 Å². The van der Waals surface area contributed by atoms with E-state index in [9.17, 15) is 14.0 Å². The van der Waals surface area contributed by atoms with Crippen molar-refractivity contribution >= 4 is 11.9 Å². The SMILES string of the molecule is Cc1ccc(F)cc1C(=O)N1CCO[C@H](C(=O)O)C1. The highest BCUT2D eigenvalue weighted by molar-refractivity contribution is 5.96. The molecule has 0 aliphatic carbocycles. The number of benzene rings is 1. The molecule has 1 N–H and O–H groups in total. The molecule has 0 spiro atoms. The van der Waals surface area contributed by atoms with Crippen molar-refractivity contribution in [3.63, 3.8) is 0 Å². The number of hydrogen-bond acceptors (Lipinski definition) is 3. The predicted octanol–water partition coefficient (Wildman–Crippen LogP) is 1.06. The number of carbonyl (C=O) groups excluding carboxylic acids is 1. The Morgan fingerprint density at radius 2 is 2.21 bits per heavy atom. The van der Waals surface area contributed by atoms with E-state index in [1.165, 1.54) is 23.1 Å². The number of carboxylic acids is 1. The first-order chi connectivity index (χ1) is 8.99. The number of aliphatic carboxylic acids is 1. The number of amides is 1. The van der Waals surface area contributed by atoms with Crippen LogP contribution in [-0.2, 0) is 9.53 Å². The van der Waals surface area contributed by atoms with Gasteiger partial charge in [-0.1, -0.05) is 6.07 Å². The van der Waals surface area contributed by atoms with Crippen molar-refractivity contribution in [2.75, 3.05) is 19.7 Å². The van der Waals surface area contributed by atoms with Gasteiger partial charge in [0.2, 0.25) is 0 Å². The Morgan fingerprint density at radius 3 is 2.89 bits per heavy atom. The molecule has 0 unspecified atom stereocenters. The number of rotatable bonds is 2. The Labute approximate surface area is 109 Å². The highest BCUT2D eigenvalue weighted by atomic mass is 19.1. The molecule has 102 valence electrons. The molecule has 1 heterocycles. The van der Waals surface area contributed by atoms with Crippen molar-refractivity contribution in [2.45, 2.75) is 13.0 Å². The Morgan fingerprint density at radius 1 is 1.47 bits per heavy atom. The summed E-state index contributed by atoms with van der Waals surface area (Å²) >= 11 is 0. The van der Waals surface area contributed by atoms with Crippen molar-refractivity contribution in [1.29, 1.82) is 0 Å². The summed E-state index contributed by atoms with van der Waals surface area (Å²) < 4.78 is 18.2. The van der Waals surface area contributed by atoms with Gasteiger partial charge in [-0.2, -0.15) is 0 Å². The van der Waals surface area contributed by atoms with Gasteiger partial charge in [-0.05, 0) is 24.6 Å². The first-order valence-electron chi connectivity index (χ1n) is 5.89. The lowest BCUT2D eigenvalue weighted by molar-refractivity contribution is -0.154. The van der Waals surface area contributed by atoms with Crippen molar-refractivity contribution in [1.82, 2.24) is 4.90 Å². The first-order valence-corrected chi connectivity index (χ1v) is 5.89. The van der Waals surface area contributed by atoms with Crippen LogP contribution in [-0.4, -0.2) is 47.7 Å². The molecule has 19 heavy (non-hydrogen) atoms. The van der Waals surface area contributed by atoms with Gasteiger partial charge in [0, 0.05) is 12.1 Å². The maximum absolute atomic E-state index is 13.2. The van der Waals surface area contributed by atoms with Gasteiger partial charge in [0.1, 0.15) is 5.82 Å². The van der Waals surface area contributed by atoms with E-state index < -0.39 is 17.9 Å². The first kappa shape index (κ1) is 13.5. The van der Waals surface area contributed by atoms with Crippen LogP contribution >= 0.6 is 0 Å². The molecular formula is C13H14FNO4. The number of hydrogen-bond donors (Lipinski definition) is 1. The van der Waals surface area contributed by atoms with E-state index >= 15 is 0 Å². The Hall–Kier alpha value is -1.95. The molecule has 5 nitrogen and oxygen atoms in total. The third kappa shape index (κ3) is 2.90. The van der Waals surface area contributed by atoms with Gasteiger partial charge < -0.3 is 14.7 Å². The van der Waals surface area contributed by atoms with E-state index in [1.807, 2.05) is 0 Å². The summed E-state index contributed by atoms with van der Waals surface area (Å²) in [6.45, 7) is 2.15. The molecule has 1 aliphatic heterocycles. The highest BCUT2D eigenvalue weighted by Crippen LogP contribution is 2.15. The Bertz CT molecular complexity index is 517. The summed E-state index contributed by atoms with van der Waals surface area (Å²) in [4.78, 5) is 24.5. The molecule has 6 heteroatoms. The molecule has 0 bridgehead atoms. The molecule has 0 saturated carbocycles. The van der Waals surface area contributed by atoms with E-state index in [4.69, 9.17) is 9.84 Å². The zero-order valence-corrected chi connectivity index (χ0v) is 10.4. The minimum atomic E-state index is -1.10. The summed E-state index contributed by atoms with van der Waals surface area (Å²) in [6.07, 6.45) is -1.02. The van der Waals surface area contributed by atoms with Crippen molar-refractivity contribution in [3.05, 3.63) is 35.1 Å². The van der Waals surface area contributed by atoms with Crippen LogP contribution in [0.2, 0.25) is 0 Å². The fourth-order valence-corrected chi connectivity index (χ4v) is 1.98. The van der Waals surface area contributed by atoms with Crippen LogP contribution in [0.3, 0.4) is 0 Å². The standard InChI is InChI=1S/C13H14FNO4/c1-8-2-3-9(14)6-10(8)12(16)15-4-5-19-11(7-15)13(17)18/h2-3,6,11H,4-5,7H2,1H3,(H,17,18)/t11-/m0/s1. The summed E-state index contributed by atoms with van der Waals surface area (Å²) in [5.74, 6) is -1.96. The lowest BCUT2D eigenvalue weighted by atomic mass is 10.1. The topological polar surface area (TPSA) is 66.8 Å². The molecule has 1 amide bonds. The normalized spacial score (nSPS) is 19.3. The van der Waals surface area contributed by atoms with Crippen molar-refractivity contribution < 1.29 is 23.8 Å². The molecule has 1 aromatic carbocycles. The van der Waals surface area contributed by atoms with E-state index in [0.717, 1.165) is 0 Å². The number of aryl methyl sites for hydroxylation is 1. The highest BCUT2D eigenvalue weighted by Gasteiger charge is 2.30. The monoisotopic (exact) mass is 267 g/mol. The van der Waals surface area contributed by atoms with Crippen LogP contribution in [0.5, 0.6) is 0 Å². The van der Waals surface area contributed by atoms with Crippen molar-refractivity contribution in [2.24, 2.45) is 0 Å². The molecule has 1 atom stereocenters. The molecule has 1 aromatic rings. The van der Waals surface area contributed by atoms with Crippen molar-refractivity contribution in [3.8, 4) is 0 Å². The summed E-state index contributed by atoms with van der Waals surface area (Å²) in [7, 11) is 0. The van der Waals surface area contributed by atoms with Gasteiger partial charge in [0.05, 0.1) is 13.2 Å². The Balaban J connectivity index is 2.19. The second kappa shape index (κ2) is 5.36. The number of morpholine rings is 1. The summed E-state index contributed by atoms with van der Waals surface area (Å²) in [5.41, 5.74) is 0.913. The number of carbonyl (C=O) groups is 2. The van der Waals surface area contributed by atoms with E-state index in [-0.39, 0.29) is 24.6 Å². The maximum Gasteiger partial charge on any atom is 0.334 e. The van der Waals surface area contributed by atoms with Crippen LogP contribution in [0.25, 0.3) is 0 Å². The molecule has 0 radical (unpaired) electrons. The fraction of sp³-hybridized carbons (Fsp3) is 0.385. The maximum atomic E-state index is 13.2. The van der Waals surface area contributed by atoms with Gasteiger partial charge in [-0.25, -0.2) is 9.18 Å². The third-order valence-electron chi connectivity index (χ3n) is 3.06. The van der Waals surface area contributed by atoms with Crippen LogP contribution in [0.1, 0.15) is 15.9 Å². The average Bonchev–Trinajstić information content (AvgIpc) is 2.41. The molecule has 2 rings (SSSR count). The zero-order valence-electron chi connectivity index (χ0n) is 10.4. The largest absolute Gasteiger partial charge is 0.479 e. The number of ether oxygens (including phenoxy) is 1. The van der Waals surface area contributed by atoms with Gasteiger partial charge in [-0.15, -0.1) is 0 Å². The lowest BCUT2D eigenvalue weighted by Crippen LogP contribution is -2.48. The average molecular weight is 267 g/mol.